The van der Waals surface area contributed by atoms with Gasteiger partial charge in [0.2, 0.25) is 17.0 Å². The molecule has 3 aromatic carbocycles. The van der Waals surface area contributed by atoms with Gasteiger partial charge in [-0.1, -0.05) is 12.1 Å². The average molecular weight is 494 g/mol. The van der Waals surface area contributed by atoms with Gasteiger partial charge in [-0.3, -0.25) is 19.2 Å². The van der Waals surface area contributed by atoms with E-state index in [2.05, 4.69) is 0 Å². The second-order valence-corrected chi connectivity index (χ2v) is 10.5. The number of hydrogen-bond acceptors (Lipinski definition) is 6. The number of carbonyl (C=O) groups excluding carboxylic acids is 3. The summed E-state index contributed by atoms with van der Waals surface area (Å²) in [5.41, 5.74) is 2.98. The highest BCUT2D eigenvalue weighted by molar-refractivity contribution is 6.32. The quantitative estimate of drug-likeness (QED) is 0.318. The van der Waals surface area contributed by atoms with Gasteiger partial charge in [-0.25, -0.2) is 0 Å². The van der Waals surface area contributed by atoms with Crippen LogP contribution in [0.1, 0.15) is 71.6 Å². The van der Waals surface area contributed by atoms with Crippen LogP contribution in [-0.2, 0) is 11.2 Å². The zero-order chi connectivity index (χ0) is 26.0. The van der Waals surface area contributed by atoms with Crippen LogP contribution in [0.3, 0.4) is 0 Å². The molecule has 1 aromatic heterocycles. The Morgan fingerprint density at radius 1 is 0.892 bits per heavy atom. The molecule has 0 N–H and O–H groups in total. The zero-order valence-corrected chi connectivity index (χ0v) is 20.9. The van der Waals surface area contributed by atoms with Gasteiger partial charge in [0, 0.05) is 29.7 Å². The number of amides is 1. The molecule has 1 unspecified atom stereocenters. The number of benzene rings is 3. The molecule has 1 saturated heterocycles. The molecule has 0 saturated carbocycles. The number of ketones is 2. The van der Waals surface area contributed by atoms with Crippen molar-refractivity contribution >= 4 is 39.2 Å². The SMILES string of the molecule is Cc1cc2oc3c(c(=O)c2cc1C)C(=O)c1c(ccc2cc4c(c(C)c12)C(=O)N1CCOC1(C)C4)C3=O. The lowest BCUT2D eigenvalue weighted by Gasteiger charge is -2.39. The predicted octanol–water partition coefficient (Wildman–Crippen LogP) is 4.39. The molecule has 7 nitrogen and oxygen atoms in total. The highest BCUT2D eigenvalue weighted by atomic mass is 16.5. The van der Waals surface area contributed by atoms with Gasteiger partial charge in [0.1, 0.15) is 16.9 Å². The van der Waals surface area contributed by atoms with Crippen molar-refractivity contribution in [2.24, 2.45) is 0 Å². The summed E-state index contributed by atoms with van der Waals surface area (Å²) in [6.45, 7) is 8.46. The third-order valence-corrected chi connectivity index (χ3v) is 8.33. The van der Waals surface area contributed by atoms with E-state index in [0.717, 1.165) is 22.1 Å². The summed E-state index contributed by atoms with van der Waals surface area (Å²) in [5.74, 6) is -1.43. The second kappa shape index (κ2) is 7.01. The van der Waals surface area contributed by atoms with Gasteiger partial charge < -0.3 is 14.1 Å². The van der Waals surface area contributed by atoms with Crippen molar-refractivity contribution in [3.63, 3.8) is 0 Å². The van der Waals surface area contributed by atoms with E-state index in [1.807, 2.05) is 26.8 Å². The van der Waals surface area contributed by atoms with Crippen LogP contribution in [0.25, 0.3) is 21.7 Å². The minimum atomic E-state index is -0.695. The van der Waals surface area contributed by atoms with Gasteiger partial charge in [-0.2, -0.15) is 0 Å². The van der Waals surface area contributed by atoms with E-state index >= 15 is 0 Å². The molecule has 184 valence electrons. The minimum Gasteiger partial charge on any atom is -0.451 e. The fraction of sp³-hybridized carbons (Fsp3) is 0.267. The number of fused-ring (bicyclic) bond motifs is 7. The topological polar surface area (TPSA) is 93.9 Å². The second-order valence-electron chi connectivity index (χ2n) is 10.5. The van der Waals surface area contributed by atoms with Crippen molar-refractivity contribution in [3.8, 4) is 0 Å². The zero-order valence-electron chi connectivity index (χ0n) is 20.9. The molecule has 7 heteroatoms. The summed E-state index contributed by atoms with van der Waals surface area (Å²) >= 11 is 0. The van der Waals surface area contributed by atoms with Crippen LogP contribution in [0.2, 0.25) is 0 Å². The van der Waals surface area contributed by atoms with E-state index in [4.69, 9.17) is 9.15 Å². The Morgan fingerprint density at radius 2 is 1.65 bits per heavy atom. The molecular formula is C30H23NO6. The Hall–Kier alpha value is -4.10. The van der Waals surface area contributed by atoms with Crippen LogP contribution in [0.15, 0.2) is 39.5 Å². The highest BCUT2D eigenvalue weighted by Crippen LogP contribution is 2.41. The highest BCUT2D eigenvalue weighted by Gasteiger charge is 2.47. The van der Waals surface area contributed by atoms with E-state index < -0.39 is 22.7 Å². The summed E-state index contributed by atoms with van der Waals surface area (Å²) in [6.07, 6.45) is 0.534. The monoisotopic (exact) mass is 493 g/mol. The molecule has 3 aliphatic rings. The van der Waals surface area contributed by atoms with Gasteiger partial charge in [-0.05, 0) is 78.9 Å². The van der Waals surface area contributed by atoms with Crippen molar-refractivity contribution in [2.75, 3.05) is 13.2 Å². The standard InChI is InChI=1S/C30H23NO6/c1-13-9-19-20(10-14(13)2)37-28-24(25(19)32)27(34)23-18(26(28)33)6-5-16-11-17-12-30(4)31(7-8-36-30)29(35)22(17)15(3)21(16)23/h5-6,9-11H,7-8,12H2,1-4H3. The minimum absolute atomic E-state index is 0.149. The normalized spacial score (nSPS) is 20.3. The molecule has 1 aliphatic carbocycles. The Kier molecular flexibility index (Phi) is 4.19. The third-order valence-electron chi connectivity index (χ3n) is 8.33. The van der Waals surface area contributed by atoms with E-state index in [-0.39, 0.29) is 39.3 Å². The maximum absolute atomic E-state index is 14.0. The Balaban J connectivity index is 1.52. The fourth-order valence-corrected chi connectivity index (χ4v) is 6.32. The third kappa shape index (κ3) is 2.69. The number of nitrogens with zero attached hydrogens (tertiary/aromatic N) is 1. The van der Waals surface area contributed by atoms with Gasteiger partial charge in [-0.15, -0.1) is 0 Å². The summed E-state index contributed by atoms with van der Waals surface area (Å²) < 4.78 is 11.8. The van der Waals surface area contributed by atoms with Crippen LogP contribution in [0.5, 0.6) is 0 Å². The summed E-state index contributed by atoms with van der Waals surface area (Å²) in [4.78, 5) is 56.5. The van der Waals surface area contributed by atoms with Crippen molar-refractivity contribution in [2.45, 2.75) is 39.8 Å². The maximum Gasteiger partial charge on any atom is 0.256 e. The van der Waals surface area contributed by atoms with Crippen molar-refractivity contribution in [3.05, 3.63) is 90.8 Å². The fourth-order valence-electron chi connectivity index (χ4n) is 6.32. The van der Waals surface area contributed by atoms with Crippen molar-refractivity contribution in [1.82, 2.24) is 4.90 Å². The van der Waals surface area contributed by atoms with E-state index in [9.17, 15) is 19.2 Å². The van der Waals surface area contributed by atoms with E-state index in [1.165, 1.54) is 0 Å². The molecule has 1 fully saturated rings. The summed E-state index contributed by atoms with van der Waals surface area (Å²) in [5, 5.41) is 1.53. The Morgan fingerprint density at radius 3 is 2.43 bits per heavy atom. The molecule has 1 amide bonds. The molecular weight excluding hydrogens is 470 g/mol. The molecule has 0 bridgehead atoms. The van der Waals surface area contributed by atoms with Crippen LogP contribution >= 0.6 is 0 Å². The average Bonchev–Trinajstić information content (AvgIpc) is 3.24. The molecule has 37 heavy (non-hydrogen) atoms. The molecule has 3 heterocycles. The lowest BCUT2D eigenvalue weighted by atomic mass is 9.79. The predicted molar refractivity (Wildman–Crippen MR) is 137 cm³/mol. The van der Waals surface area contributed by atoms with Crippen LogP contribution in [0, 0.1) is 20.8 Å². The number of hydrogen-bond donors (Lipinski definition) is 0. The molecule has 0 radical (unpaired) electrons. The number of aryl methyl sites for hydroxylation is 3. The first-order valence-electron chi connectivity index (χ1n) is 12.3. The number of ether oxygens (including phenoxy) is 1. The summed E-state index contributed by atoms with van der Waals surface area (Å²) in [6, 6.07) is 8.73. The Labute approximate surface area is 211 Å². The lowest BCUT2D eigenvalue weighted by Crippen LogP contribution is -2.51. The molecule has 1 atom stereocenters. The van der Waals surface area contributed by atoms with Crippen LogP contribution in [0.4, 0.5) is 0 Å². The largest absolute Gasteiger partial charge is 0.451 e. The van der Waals surface area contributed by atoms with E-state index in [0.29, 0.717) is 36.1 Å². The molecule has 0 spiro atoms. The van der Waals surface area contributed by atoms with Gasteiger partial charge in [0.15, 0.2) is 5.76 Å². The maximum atomic E-state index is 14.0. The first-order valence-corrected chi connectivity index (χ1v) is 12.3. The Bertz CT molecular complexity index is 1860. The number of carbonyl (C=O) groups is 3. The molecule has 2 aliphatic heterocycles. The first-order chi connectivity index (χ1) is 17.6. The molecule has 4 aromatic rings. The van der Waals surface area contributed by atoms with Gasteiger partial charge in [0.05, 0.1) is 12.0 Å². The van der Waals surface area contributed by atoms with Crippen LogP contribution < -0.4 is 5.43 Å². The molecule has 7 rings (SSSR count). The van der Waals surface area contributed by atoms with E-state index in [1.54, 1.807) is 36.1 Å². The number of rotatable bonds is 0. The summed E-state index contributed by atoms with van der Waals surface area (Å²) in [7, 11) is 0. The van der Waals surface area contributed by atoms with Crippen molar-refractivity contribution in [1.29, 1.82) is 0 Å². The van der Waals surface area contributed by atoms with Crippen molar-refractivity contribution < 1.29 is 23.5 Å². The van der Waals surface area contributed by atoms with Gasteiger partial charge >= 0.3 is 0 Å². The first kappa shape index (κ1) is 22.1. The van der Waals surface area contributed by atoms with Gasteiger partial charge in [0.25, 0.3) is 5.91 Å². The smallest absolute Gasteiger partial charge is 0.256 e. The lowest BCUT2D eigenvalue weighted by molar-refractivity contribution is -0.0567. The van der Waals surface area contributed by atoms with Crippen LogP contribution in [-0.4, -0.2) is 41.3 Å².